The Bertz CT molecular complexity index is 1430. The van der Waals surface area contributed by atoms with E-state index in [0.29, 0.717) is 11.1 Å². The molecule has 0 aliphatic carbocycles. The van der Waals surface area contributed by atoms with Crippen LogP contribution in [0.1, 0.15) is 20.7 Å². The minimum absolute atomic E-state index is 0.220. The van der Waals surface area contributed by atoms with Gasteiger partial charge in [-0.25, -0.2) is 17.6 Å². The van der Waals surface area contributed by atoms with Gasteiger partial charge in [0.15, 0.2) is 23.3 Å². The van der Waals surface area contributed by atoms with Gasteiger partial charge in [-0.3, -0.25) is 9.59 Å². The van der Waals surface area contributed by atoms with Crippen molar-refractivity contribution in [3.8, 4) is 22.6 Å². The summed E-state index contributed by atoms with van der Waals surface area (Å²) in [4.78, 5) is 25.0. The van der Waals surface area contributed by atoms with Crippen molar-refractivity contribution in [3.63, 3.8) is 0 Å². The Morgan fingerprint density at radius 3 is 1.37 bits per heavy atom. The molecule has 2 N–H and O–H groups in total. The second-order valence-electron chi connectivity index (χ2n) is 7.94. The van der Waals surface area contributed by atoms with Gasteiger partial charge < -0.3 is 20.1 Å². The van der Waals surface area contributed by atoms with Crippen LogP contribution in [0.2, 0.25) is 0 Å². The monoisotopic (exact) mass is 524 g/mol. The number of halogens is 4. The van der Waals surface area contributed by atoms with Gasteiger partial charge in [-0.05, 0) is 59.7 Å². The van der Waals surface area contributed by atoms with Gasteiger partial charge in [0.2, 0.25) is 0 Å². The van der Waals surface area contributed by atoms with E-state index in [1.54, 1.807) is 24.3 Å². The van der Waals surface area contributed by atoms with Crippen molar-refractivity contribution >= 4 is 23.2 Å². The predicted molar refractivity (Wildman–Crippen MR) is 134 cm³/mol. The summed E-state index contributed by atoms with van der Waals surface area (Å²) in [5.74, 6) is -6.05. The Hall–Kier alpha value is -4.86. The molecule has 4 aromatic rings. The zero-order valence-electron chi connectivity index (χ0n) is 20.1. The molecule has 0 aliphatic rings. The number of methoxy groups -OCH3 is 2. The first-order valence-electron chi connectivity index (χ1n) is 11.1. The summed E-state index contributed by atoms with van der Waals surface area (Å²) < 4.78 is 65.7. The second-order valence-corrected chi connectivity index (χ2v) is 7.94. The van der Waals surface area contributed by atoms with Crippen LogP contribution in [-0.2, 0) is 0 Å². The Balaban J connectivity index is 1.58. The lowest BCUT2D eigenvalue weighted by molar-refractivity contribution is 0.101. The Morgan fingerprint density at radius 1 is 0.605 bits per heavy atom. The number of carbonyl (C=O) groups excluding carboxylic acids is 2. The summed E-state index contributed by atoms with van der Waals surface area (Å²) in [6, 6.07) is 16.1. The molecule has 0 saturated heterocycles. The first-order valence-corrected chi connectivity index (χ1v) is 11.1. The van der Waals surface area contributed by atoms with E-state index in [-0.39, 0.29) is 22.9 Å². The molecule has 0 saturated carbocycles. The summed E-state index contributed by atoms with van der Waals surface area (Å²) in [7, 11) is 2.75. The number of amides is 2. The van der Waals surface area contributed by atoms with E-state index in [2.05, 4.69) is 10.6 Å². The Morgan fingerprint density at radius 2 is 1.00 bits per heavy atom. The third-order valence-corrected chi connectivity index (χ3v) is 5.63. The normalized spacial score (nSPS) is 10.6. The van der Waals surface area contributed by atoms with Crippen LogP contribution in [0.4, 0.5) is 28.9 Å². The largest absolute Gasteiger partial charge is 0.495 e. The Kier molecular flexibility index (Phi) is 7.61. The predicted octanol–water partition coefficient (Wildman–Crippen LogP) is 6.43. The number of anilines is 2. The van der Waals surface area contributed by atoms with Crippen molar-refractivity contribution in [3.05, 3.63) is 107 Å². The maximum atomic E-state index is 14.0. The number of ether oxygens (including phenoxy) is 2. The van der Waals surface area contributed by atoms with Crippen LogP contribution in [0.15, 0.2) is 72.8 Å². The van der Waals surface area contributed by atoms with Gasteiger partial charge in [-0.15, -0.1) is 0 Å². The highest BCUT2D eigenvalue weighted by atomic mass is 19.2. The molecule has 6 nitrogen and oxygen atoms in total. The van der Waals surface area contributed by atoms with Gasteiger partial charge in [-0.1, -0.05) is 24.3 Å². The number of hydrogen-bond acceptors (Lipinski definition) is 4. The molecule has 0 aromatic heterocycles. The summed E-state index contributed by atoms with van der Waals surface area (Å²) in [5, 5.41) is 5.00. The molecule has 0 spiro atoms. The molecule has 2 amide bonds. The van der Waals surface area contributed by atoms with Gasteiger partial charge in [0.1, 0.15) is 11.5 Å². The minimum Gasteiger partial charge on any atom is -0.495 e. The number of nitrogens with one attached hydrogen (secondary N) is 2. The molecule has 10 heteroatoms. The van der Waals surface area contributed by atoms with E-state index in [1.807, 2.05) is 0 Å². The molecule has 0 aliphatic heterocycles. The number of carbonyl (C=O) groups is 2. The first kappa shape index (κ1) is 26.2. The van der Waals surface area contributed by atoms with Gasteiger partial charge in [0.25, 0.3) is 11.8 Å². The van der Waals surface area contributed by atoms with E-state index in [9.17, 15) is 27.2 Å². The van der Waals surface area contributed by atoms with Crippen LogP contribution in [0.3, 0.4) is 0 Å². The molecule has 0 heterocycles. The average molecular weight is 524 g/mol. The molecule has 0 bridgehead atoms. The van der Waals surface area contributed by atoms with Crippen molar-refractivity contribution in [2.75, 3.05) is 24.9 Å². The van der Waals surface area contributed by atoms with Crippen molar-refractivity contribution in [2.45, 2.75) is 0 Å². The van der Waals surface area contributed by atoms with Crippen LogP contribution in [-0.4, -0.2) is 26.0 Å². The Labute approximate surface area is 214 Å². The highest BCUT2D eigenvalue weighted by Crippen LogP contribution is 2.35. The van der Waals surface area contributed by atoms with Crippen LogP contribution in [0.25, 0.3) is 11.1 Å². The van der Waals surface area contributed by atoms with Crippen LogP contribution in [0.5, 0.6) is 11.5 Å². The van der Waals surface area contributed by atoms with Crippen molar-refractivity contribution in [1.82, 2.24) is 0 Å². The highest BCUT2D eigenvalue weighted by Gasteiger charge is 2.19. The smallest absolute Gasteiger partial charge is 0.258 e. The van der Waals surface area contributed by atoms with Crippen LogP contribution < -0.4 is 20.1 Å². The molecule has 38 heavy (non-hydrogen) atoms. The van der Waals surface area contributed by atoms with E-state index in [0.717, 1.165) is 24.3 Å². The zero-order valence-corrected chi connectivity index (χ0v) is 20.1. The van der Waals surface area contributed by atoms with E-state index >= 15 is 0 Å². The fraction of sp³-hybridized carbons (Fsp3) is 0.0714. The number of hydrogen-bond donors (Lipinski definition) is 2. The SMILES string of the molecule is COc1cc(-c2ccc(NC(=O)c3cccc(F)c3F)c(OC)c2)ccc1NC(=O)c1cccc(F)c1F. The standard InChI is InChI=1S/C28H20F4N2O4/c1-37-23-13-15(9-11-21(23)33-27(35)17-5-3-7-19(29)25(17)31)16-10-12-22(24(14-16)38-2)34-28(36)18-6-4-8-20(30)26(18)32/h3-14H,1-2H3,(H,33,35)(H,34,36). The van der Waals surface area contributed by atoms with Gasteiger partial charge in [0.05, 0.1) is 36.7 Å². The zero-order chi connectivity index (χ0) is 27.4. The van der Waals surface area contributed by atoms with Crippen LogP contribution >= 0.6 is 0 Å². The molecule has 4 rings (SSSR count). The van der Waals surface area contributed by atoms with Crippen molar-refractivity contribution in [2.24, 2.45) is 0 Å². The number of rotatable bonds is 7. The summed E-state index contributed by atoms with van der Waals surface area (Å²) >= 11 is 0. The van der Waals surface area contributed by atoms with E-state index in [1.165, 1.54) is 38.5 Å². The fourth-order valence-electron chi connectivity index (χ4n) is 3.69. The first-order chi connectivity index (χ1) is 18.2. The second kappa shape index (κ2) is 11.0. The minimum atomic E-state index is -1.26. The lowest BCUT2D eigenvalue weighted by Crippen LogP contribution is -2.15. The number of benzene rings is 4. The third-order valence-electron chi connectivity index (χ3n) is 5.63. The van der Waals surface area contributed by atoms with Gasteiger partial charge in [-0.2, -0.15) is 0 Å². The molecule has 0 atom stereocenters. The fourth-order valence-corrected chi connectivity index (χ4v) is 3.69. The summed E-state index contributed by atoms with van der Waals surface area (Å²) in [6.07, 6.45) is 0. The molecular weight excluding hydrogens is 504 g/mol. The van der Waals surface area contributed by atoms with E-state index < -0.39 is 46.2 Å². The lowest BCUT2D eigenvalue weighted by atomic mass is 10.0. The highest BCUT2D eigenvalue weighted by molar-refractivity contribution is 6.06. The van der Waals surface area contributed by atoms with Gasteiger partial charge >= 0.3 is 0 Å². The van der Waals surface area contributed by atoms with E-state index in [4.69, 9.17) is 9.47 Å². The van der Waals surface area contributed by atoms with Crippen molar-refractivity contribution in [1.29, 1.82) is 0 Å². The quantitative estimate of drug-likeness (QED) is 0.273. The average Bonchev–Trinajstić information content (AvgIpc) is 2.92. The molecular formula is C28H20F4N2O4. The lowest BCUT2D eigenvalue weighted by Gasteiger charge is -2.15. The van der Waals surface area contributed by atoms with Gasteiger partial charge in [0, 0.05) is 0 Å². The topological polar surface area (TPSA) is 76.7 Å². The third kappa shape index (κ3) is 5.29. The molecule has 194 valence electrons. The molecule has 0 unspecified atom stereocenters. The molecule has 4 aromatic carbocycles. The van der Waals surface area contributed by atoms with Crippen molar-refractivity contribution < 1.29 is 36.6 Å². The molecule has 0 radical (unpaired) electrons. The maximum absolute atomic E-state index is 14.0. The molecule has 0 fully saturated rings. The van der Waals surface area contributed by atoms with Crippen LogP contribution in [0, 0.1) is 23.3 Å². The maximum Gasteiger partial charge on any atom is 0.258 e. The summed E-state index contributed by atoms with van der Waals surface area (Å²) in [6.45, 7) is 0. The summed E-state index contributed by atoms with van der Waals surface area (Å²) in [5.41, 5.74) is 0.775.